The first kappa shape index (κ1) is 26.4. The Labute approximate surface area is 225 Å². The fourth-order valence-electron chi connectivity index (χ4n) is 5.94. The normalized spacial score (nSPS) is 19.4. The smallest absolute Gasteiger partial charge is 0.251 e. The van der Waals surface area contributed by atoms with Crippen molar-refractivity contribution in [3.63, 3.8) is 0 Å². The van der Waals surface area contributed by atoms with Crippen molar-refractivity contribution < 1.29 is 14.6 Å². The minimum atomic E-state index is -0.776. The highest BCUT2D eigenvalue weighted by Gasteiger charge is 2.43. The molecule has 2 aliphatic rings. The average Bonchev–Trinajstić information content (AvgIpc) is 3.38. The van der Waals surface area contributed by atoms with Gasteiger partial charge in [0.2, 0.25) is 0 Å². The van der Waals surface area contributed by atoms with E-state index in [0.29, 0.717) is 18.5 Å². The van der Waals surface area contributed by atoms with E-state index in [1.165, 1.54) is 24.0 Å². The number of aromatic nitrogens is 1. The third-order valence-electron chi connectivity index (χ3n) is 8.09. The number of amides is 1. The number of rotatable bonds is 9. The van der Waals surface area contributed by atoms with Gasteiger partial charge in [-0.05, 0) is 74.8 Å². The Morgan fingerprint density at radius 1 is 1.11 bits per heavy atom. The van der Waals surface area contributed by atoms with Crippen molar-refractivity contribution in [1.82, 2.24) is 15.6 Å². The van der Waals surface area contributed by atoms with Gasteiger partial charge in [-0.1, -0.05) is 49.4 Å². The van der Waals surface area contributed by atoms with Crippen LogP contribution in [0.4, 0.5) is 0 Å². The minimum absolute atomic E-state index is 0.0916. The number of aryl methyl sites for hydroxylation is 2. The molecular weight excluding hydrogens is 474 g/mol. The summed E-state index contributed by atoms with van der Waals surface area (Å²) < 4.78 is 6.59. The molecule has 1 aromatic heterocycles. The number of carbonyl (C=O) groups is 1. The predicted molar refractivity (Wildman–Crippen MR) is 149 cm³/mol. The second-order valence-electron chi connectivity index (χ2n) is 10.9. The Morgan fingerprint density at radius 3 is 2.63 bits per heavy atom. The molecule has 6 heteroatoms. The number of fused-ring (bicyclic) bond motifs is 1. The van der Waals surface area contributed by atoms with Gasteiger partial charge in [-0.25, -0.2) is 0 Å². The second-order valence-corrected chi connectivity index (χ2v) is 10.9. The molecule has 1 aliphatic carbocycles. The number of pyridine rings is 1. The van der Waals surface area contributed by atoms with Crippen LogP contribution in [0.3, 0.4) is 0 Å². The number of benzene rings is 2. The molecule has 3 atom stereocenters. The number of carbonyl (C=O) groups excluding carboxylic acids is 1. The molecule has 0 radical (unpaired) electrons. The molecule has 200 valence electrons. The lowest BCUT2D eigenvalue weighted by atomic mass is 9.85. The van der Waals surface area contributed by atoms with Crippen LogP contribution in [0, 0.1) is 6.92 Å². The monoisotopic (exact) mass is 513 g/mol. The van der Waals surface area contributed by atoms with Crippen LogP contribution in [0.5, 0.6) is 5.75 Å². The molecule has 1 spiro atoms. The summed E-state index contributed by atoms with van der Waals surface area (Å²) in [5, 5.41) is 18.2. The fraction of sp³-hybridized carbons (Fsp3) is 0.438. The van der Waals surface area contributed by atoms with Gasteiger partial charge in [-0.3, -0.25) is 9.78 Å². The number of aliphatic hydroxyl groups is 1. The molecule has 3 aromatic rings. The van der Waals surface area contributed by atoms with Crippen LogP contribution in [0.15, 0.2) is 66.9 Å². The van der Waals surface area contributed by atoms with Crippen molar-refractivity contribution in [2.24, 2.45) is 0 Å². The van der Waals surface area contributed by atoms with E-state index in [1.54, 1.807) is 18.3 Å². The van der Waals surface area contributed by atoms with Crippen molar-refractivity contribution in [2.75, 3.05) is 6.54 Å². The molecule has 38 heavy (non-hydrogen) atoms. The lowest BCUT2D eigenvalue weighted by Gasteiger charge is -2.41. The van der Waals surface area contributed by atoms with E-state index in [9.17, 15) is 9.90 Å². The quantitative estimate of drug-likeness (QED) is 0.372. The van der Waals surface area contributed by atoms with Crippen molar-refractivity contribution in [1.29, 1.82) is 0 Å². The molecule has 1 aliphatic heterocycles. The zero-order valence-corrected chi connectivity index (χ0v) is 22.5. The Morgan fingerprint density at radius 2 is 1.89 bits per heavy atom. The maximum absolute atomic E-state index is 13.1. The second kappa shape index (κ2) is 11.7. The summed E-state index contributed by atoms with van der Waals surface area (Å²) >= 11 is 0. The van der Waals surface area contributed by atoms with Gasteiger partial charge in [-0.15, -0.1) is 0 Å². The van der Waals surface area contributed by atoms with E-state index in [1.807, 2.05) is 37.3 Å². The lowest BCUT2D eigenvalue weighted by molar-refractivity contribution is 0.0326. The highest BCUT2D eigenvalue weighted by atomic mass is 16.5. The van der Waals surface area contributed by atoms with Crippen LogP contribution < -0.4 is 15.4 Å². The van der Waals surface area contributed by atoms with Gasteiger partial charge in [0, 0.05) is 42.0 Å². The zero-order chi connectivity index (χ0) is 26.5. The van der Waals surface area contributed by atoms with Crippen LogP contribution >= 0.6 is 0 Å². The third-order valence-corrected chi connectivity index (χ3v) is 8.09. The summed E-state index contributed by atoms with van der Waals surface area (Å²) in [6.45, 7) is 4.39. The van der Waals surface area contributed by atoms with Gasteiger partial charge in [0.25, 0.3) is 5.91 Å². The largest absolute Gasteiger partial charge is 0.487 e. The summed E-state index contributed by atoms with van der Waals surface area (Å²) in [4.78, 5) is 17.3. The molecule has 1 fully saturated rings. The van der Waals surface area contributed by atoms with Gasteiger partial charge in [0.15, 0.2) is 0 Å². The number of hydrogen-bond acceptors (Lipinski definition) is 5. The number of aliphatic hydroxyl groups excluding tert-OH is 1. The Hall–Kier alpha value is -3.22. The van der Waals surface area contributed by atoms with Crippen molar-refractivity contribution in [2.45, 2.75) is 82.6 Å². The number of ether oxygens (including phenoxy) is 1. The first-order valence-electron chi connectivity index (χ1n) is 14.0. The summed E-state index contributed by atoms with van der Waals surface area (Å²) in [5.41, 5.74) is 4.72. The van der Waals surface area contributed by atoms with Gasteiger partial charge >= 0.3 is 0 Å². The van der Waals surface area contributed by atoms with E-state index < -0.39 is 12.1 Å². The van der Waals surface area contributed by atoms with Gasteiger partial charge < -0.3 is 20.5 Å². The summed E-state index contributed by atoms with van der Waals surface area (Å²) in [5.74, 6) is 0.758. The summed E-state index contributed by atoms with van der Waals surface area (Å²) in [6, 6.07) is 19.6. The molecule has 3 N–H and O–H groups in total. The first-order valence-corrected chi connectivity index (χ1v) is 14.0. The van der Waals surface area contributed by atoms with Crippen LogP contribution in [0.1, 0.15) is 77.8 Å². The van der Waals surface area contributed by atoms with Gasteiger partial charge in [0.05, 0.1) is 12.1 Å². The van der Waals surface area contributed by atoms with Gasteiger partial charge in [0.1, 0.15) is 11.4 Å². The van der Waals surface area contributed by atoms with Crippen molar-refractivity contribution in [3.8, 4) is 5.75 Å². The third kappa shape index (κ3) is 6.08. The van der Waals surface area contributed by atoms with Crippen LogP contribution in [-0.2, 0) is 12.8 Å². The average molecular weight is 514 g/mol. The molecule has 6 nitrogen and oxygen atoms in total. The van der Waals surface area contributed by atoms with E-state index in [-0.39, 0.29) is 17.6 Å². The van der Waals surface area contributed by atoms with Crippen LogP contribution in [-0.4, -0.2) is 40.3 Å². The summed E-state index contributed by atoms with van der Waals surface area (Å²) in [7, 11) is 0. The number of nitrogens with one attached hydrogen (secondary N) is 2. The zero-order valence-electron chi connectivity index (χ0n) is 22.5. The Kier molecular flexibility index (Phi) is 8.10. The van der Waals surface area contributed by atoms with E-state index in [4.69, 9.17) is 4.74 Å². The van der Waals surface area contributed by atoms with E-state index in [2.05, 4.69) is 40.7 Å². The maximum Gasteiger partial charge on any atom is 0.251 e. The van der Waals surface area contributed by atoms with Crippen molar-refractivity contribution in [3.05, 3.63) is 94.8 Å². The maximum atomic E-state index is 13.1. The lowest BCUT2D eigenvalue weighted by Crippen LogP contribution is -2.50. The van der Waals surface area contributed by atoms with Crippen LogP contribution in [0.25, 0.3) is 0 Å². The Bertz CT molecular complexity index is 1240. The predicted octanol–water partition coefficient (Wildman–Crippen LogP) is 5.08. The molecule has 1 amide bonds. The number of hydrogen-bond donors (Lipinski definition) is 3. The highest BCUT2D eigenvalue weighted by molar-refractivity contribution is 5.94. The van der Waals surface area contributed by atoms with Gasteiger partial charge in [-0.2, -0.15) is 0 Å². The van der Waals surface area contributed by atoms with Crippen LogP contribution in [0.2, 0.25) is 0 Å². The molecule has 0 unspecified atom stereocenters. The molecular formula is C32H39N3O3. The topological polar surface area (TPSA) is 83.5 Å². The number of nitrogens with zero attached hydrogens (tertiary/aromatic N) is 1. The van der Waals surface area contributed by atoms with Crippen molar-refractivity contribution >= 4 is 5.91 Å². The minimum Gasteiger partial charge on any atom is -0.487 e. The SMILES string of the molecule is CCc1ccc2c(c1)[C@@H](NC[C@@H](O)[C@H](Cc1ccccc1)NC(=O)c1ccnc(C)c1)CC1(CCCC1)O2. The van der Waals surface area contributed by atoms with E-state index in [0.717, 1.165) is 42.7 Å². The molecule has 1 saturated carbocycles. The standard InChI is InChI=1S/C32H39N3O3/c1-3-23-11-12-30-26(18-23)28(20-32(38-30)14-7-8-15-32)34-21-29(36)27(19-24-9-5-4-6-10-24)35-31(37)25-13-16-33-22(2)17-25/h4-6,9-13,16-18,27-29,34,36H,3,7-8,14-15,19-21H2,1-2H3,(H,35,37)/t27-,28-,29+/m0/s1. The highest BCUT2D eigenvalue weighted by Crippen LogP contribution is 2.47. The molecule has 2 aromatic carbocycles. The fourth-order valence-corrected chi connectivity index (χ4v) is 5.94. The molecule has 5 rings (SSSR count). The summed E-state index contributed by atoms with van der Waals surface area (Å²) in [6.07, 6.45) is 7.78. The first-order chi connectivity index (χ1) is 18.4. The Balaban J connectivity index is 1.34. The molecule has 2 heterocycles. The molecule has 0 bridgehead atoms. The molecule has 0 saturated heterocycles. The van der Waals surface area contributed by atoms with E-state index >= 15 is 0 Å².